The molecule has 1 aliphatic carbocycles. The molecule has 1 aliphatic rings. The molecule has 2 atom stereocenters. The van der Waals surface area contributed by atoms with Crippen molar-refractivity contribution in [3.63, 3.8) is 0 Å². The molecule has 2 N–H and O–H groups in total. The lowest BCUT2D eigenvalue weighted by Crippen LogP contribution is -2.32. The first-order chi connectivity index (χ1) is 7.74. The standard InChI is InChI=1S/C12H16BrNOS/c13-10-5-6-16-12(10)11(15)9-4-2-1-3-8(9)7-14/h5-6,8-9H,1-4,7,14H2. The third-order valence-electron chi connectivity index (χ3n) is 3.39. The van der Waals surface area contributed by atoms with Crippen LogP contribution in [0.1, 0.15) is 35.4 Å². The molecule has 0 saturated heterocycles. The molecule has 2 unspecified atom stereocenters. The van der Waals surface area contributed by atoms with Gasteiger partial charge in [0.1, 0.15) is 0 Å². The van der Waals surface area contributed by atoms with Gasteiger partial charge in [-0.05, 0) is 52.7 Å². The van der Waals surface area contributed by atoms with E-state index in [1.54, 1.807) is 0 Å². The summed E-state index contributed by atoms with van der Waals surface area (Å²) in [5, 5.41) is 1.96. The van der Waals surface area contributed by atoms with E-state index < -0.39 is 0 Å². The summed E-state index contributed by atoms with van der Waals surface area (Å²) >= 11 is 4.96. The molecule has 4 heteroatoms. The zero-order valence-electron chi connectivity index (χ0n) is 9.12. The van der Waals surface area contributed by atoms with Crippen molar-refractivity contribution in [1.82, 2.24) is 0 Å². The molecule has 0 bridgehead atoms. The van der Waals surface area contributed by atoms with E-state index in [-0.39, 0.29) is 11.7 Å². The van der Waals surface area contributed by atoms with E-state index >= 15 is 0 Å². The second-order valence-electron chi connectivity index (χ2n) is 4.35. The zero-order valence-corrected chi connectivity index (χ0v) is 11.5. The molecule has 1 heterocycles. The summed E-state index contributed by atoms with van der Waals surface area (Å²) in [7, 11) is 0. The highest BCUT2D eigenvalue weighted by Gasteiger charge is 2.31. The van der Waals surface area contributed by atoms with Gasteiger partial charge in [0, 0.05) is 10.4 Å². The van der Waals surface area contributed by atoms with Gasteiger partial charge in [-0.1, -0.05) is 12.8 Å². The van der Waals surface area contributed by atoms with Crippen LogP contribution in [0.15, 0.2) is 15.9 Å². The van der Waals surface area contributed by atoms with E-state index in [2.05, 4.69) is 15.9 Å². The second kappa shape index (κ2) is 5.43. The molecule has 0 aliphatic heterocycles. The summed E-state index contributed by atoms with van der Waals surface area (Å²) in [4.78, 5) is 13.2. The molecule has 1 saturated carbocycles. The first-order valence-electron chi connectivity index (χ1n) is 5.71. The number of nitrogens with two attached hydrogens (primary N) is 1. The fourth-order valence-electron chi connectivity index (χ4n) is 2.47. The van der Waals surface area contributed by atoms with Gasteiger partial charge in [-0.15, -0.1) is 11.3 Å². The van der Waals surface area contributed by atoms with Crippen LogP contribution in [-0.2, 0) is 0 Å². The summed E-state index contributed by atoms with van der Waals surface area (Å²) in [6, 6.07) is 1.94. The Balaban J connectivity index is 2.17. The van der Waals surface area contributed by atoms with E-state index in [1.807, 2.05) is 11.4 Å². The fourth-order valence-corrected chi connectivity index (χ4v) is 4.04. The minimum absolute atomic E-state index is 0.147. The van der Waals surface area contributed by atoms with E-state index in [1.165, 1.54) is 17.8 Å². The van der Waals surface area contributed by atoms with Crippen LogP contribution < -0.4 is 5.73 Å². The average Bonchev–Trinajstić information content (AvgIpc) is 2.74. The normalized spacial score (nSPS) is 25.6. The van der Waals surface area contributed by atoms with Crippen molar-refractivity contribution < 1.29 is 4.79 Å². The molecular weight excluding hydrogens is 286 g/mol. The smallest absolute Gasteiger partial charge is 0.177 e. The maximum absolute atomic E-state index is 12.4. The predicted octanol–water partition coefficient (Wildman–Crippen LogP) is 3.46. The first-order valence-corrected chi connectivity index (χ1v) is 7.38. The highest BCUT2D eigenvalue weighted by Crippen LogP contribution is 2.35. The summed E-state index contributed by atoms with van der Waals surface area (Å²) in [6.07, 6.45) is 4.49. The quantitative estimate of drug-likeness (QED) is 0.869. The molecular formula is C12H16BrNOS. The number of Topliss-reactive ketones (excluding diaryl/α,β-unsaturated/α-hetero) is 1. The van der Waals surface area contributed by atoms with Gasteiger partial charge in [0.15, 0.2) is 5.78 Å². The summed E-state index contributed by atoms with van der Waals surface area (Å²) in [5.74, 6) is 0.820. The Kier molecular flexibility index (Phi) is 4.16. The van der Waals surface area contributed by atoms with Gasteiger partial charge in [0.05, 0.1) is 4.88 Å². The monoisotopic (exact) mass is 301 g/mol. The van der Waals surface area contributed by atoms with Crippen LogP contribution in [0.4, 0.5) is 0 Å². The van der Waals surface area contributed by atoms with Crippen LogP contribution in [-0.4, -0.2) is 12.3 Å². The number of hydrogen-bond acceptors (Lipinski definition) is 3. The van der Waals surface area contributed by atoms with Gasteiger partial charge in [-0.25, -0.2) is 0 Å². The molecule has 1 fully saturated rings. The van der Waals surface area contributed by atoms with E-state index in [0.29, 0.717) is 12.5 Å². The second-order valence-corrected chi connectivity index (χ2v) is 6.12. The predicted molar refractivity (Wildman–Crippen MR) is 70.9 cm³/mol. The average molecular weight is 302 g/mol. The van der Waals surface area contributed by atoms with Gasteiger partial charge >= 0.3 is 0 Å². The van der Waals surface area contributed by atoms with Crippen LogP contribution in [0.25, 0.3) is 0 Å². The van der Waals surface area contributed by atoms with Crippen molar-refractivity contribution in [3.05, 3.63) is 20.8 Å². The maximum Gasteiger partial charge on any atom is 0.177 e. The summed E-state index contributed by atoms with van der Waals surface area (Å²) in [5.41, 5.74) is 5.76. The lowest BCUT2D eigenvalue weighted by atomic mass is 9.76. The molecule has 0 radical (unpaired) electrons. The highest BCUT2D eigenvalue weighted by molar-refractivity contribution is 9.10. The van der Waals surface area contributed by atoms with E-state index in [0.717, 1.165) is 28.6 Å². The molecule has 0 amide bonds. The van der Waals surface area contributed by atoms with Crippen molar-refractivity contribution >= 4 is 33.0 Å². The van der Waals surface area contributed by atoms with Crippen LogP contribution in [0.3, 0.4) is 0 Å². The van der Waals surface area contributed by atoms with Gasteiger partial charge in [-0.2, -0.15) is 0 Å². The number of ketones is 1. The molecule has 2 rings (SSSR count). The van der Waals surface area contributed by atoms with Crippen LogP contribution in [0, 0.1) is 11.8 Å². The SMILES string of the molecule is NCC1CCCCC1C(=O)c1sccc1Br. The highest BCUT2D eigenvalue weighted by atomic mass is 79.9. The van der Waals surface area contributed by atoms with Gasteiger partial charge in [0.25, 0.3) is 0 Å². The molecule has 16 heavy (non-hydrogen) atoms. The van der Waals surface area contributed by atoms with Crippen molar-refractivity contribution in [2.24, 2.45) is 17.6 Å². The third-order valence-corrected chi connectivity index (χ3v) is 5.24. The summed E-state index contributed by atoms with van der Waals surface area (Å²) < 4.78 is 0.934. The van der Waals surface area contributed by atoms with E-state index in [9.17, 15) is 4.79 Å². The number of thiophene rings is 1. The van der Waals surface area contributed by atoms with Crippen molar-refractivity contribution in [3.8, 4) is 0 Å². The van der Waals surface area contributed by atoms with Crippen LogP contribution in [0.5, 0.6) is 0 Å². The fraction of sp³-hybridized carbons (Fsp3) is 0.583. The largest absolute Gasteiger partial charge is 0.330 e. The number of rotatable bonds is 3. The first kappa shape index (κ1) is 12.3. The van der Waals surface area contributed by atoms with Crippen molar-refractivity contribution in [1.29, 1.82) is 0 Å². The minimum atomic E-state index is 0.147. The Morgan fingerprint density at radius 1 is 1.50 bits per heavy atom. The van der Waals surface area contributed by atoms with Crippen LogP contribution >= 0.6 is 27.3 Å². The lowest BCUT2D eigenvalue weighted by molar-refractivity contribution is 0.0833. The Morgan fingerprint density at radius 3 is 2.88 bits per heavy atom. The number of carbonyl (C=O) groups is 1. The molecule has 2 nitrogen and oxygen atoms in total. The molecule has 88 valence electrons. The number of carbonyl (C=O) groups excluding carboxylic acids is 1. The minimum Gasteiger partial charge on any atom is -0.330 e. The maximum atomic E-state index is 12.4. The number of halogens is 1. The molecule has 1 aromatic heterocycles. The van der Waals surface area contributed by atoms with Gasteiger partial charge in [-0.3, -0.25) is 4.79 Å². The molecule has 0 spiro atoms. The Labute approximate surface area is 108 Å². The third kappa shape index (κ3) is 2.39. The lowest BCUT2D eigenvalue weighted by Gasteiger charge is -2.29. The molecule has 0 aromatic carbocycles. The Hall–Kier alpha value is -0.190. The van der Waals surface area contributed by atoms with Crippen molar-refractivity contribution in [2.45, 2.75) is 25.7 Å². The van der Waals surface area contributed by atoms with Gasteiger partial charge in [0.2, 0.25) is 0 Å². The topological polar surface area (TPSA) is 43.1 Å². The zero-order chi connectivity index (χ0) is 11.5. The van der Waals surface area contributed by atoms with Gasteiger partial charge < -0.3 is 5.73 Å². The summed E-state index contributed by atoms with van der Waals surface area (Å²) in [6.45, 7) is 0.638. The van der Waals surface area contributed by atoms with Crippen molar-refractivity contribution in [2.75, 3.05) is 6.54 Å². The molecule has 1 aromatic rings. The van der Waals surface area contributed by atoms with Crippen LogP contribution in [0.2, 0.25) is 0 Å². The number of hydrogen-bond donors (Lipinski definition) is 1. The Morgan fingerprint density at radius 2 is 2.25 bits per heavy atom. The Bertz CT molecular complexity index is 377. The van der Waals surface area contributed by atoms with E-state index in [4.69, 9.17) is 5.73 Å².